The molecule has 2 N–H and O–H groups in total. The quantitative estimate of drug-likeness (QED) is 0.569. The molecular formula is C24H29FN6O3. The number of imidazole rings is 1. The molecule has 0 radical (unpaired) electrons. The monoisotopic (exact) mass is 468 g/mol. The van der Waals surface area contributed by atoms with E-state index in [1.54, 1.807) is 38.5 Å². The molecule has 1 fully saturated rings. The SMILES string of the molecule is CC(C)Nc1nccc(-c2[nH]c(C3OCC(C)(C(=O)N(C)C)CO3)nc2-c2ccc(F)cc2)n1. The average Bonchev–Trinajstić information content (AvgIpc) is 3.24. The minimum Gasteiger partial charge on any atom is -0.352 e. The van der Waals surface area contributed by atoms with Crippen molar-refractivity contribution in [2.75, 3.05) is 32.6 Å². The molecule has 0 unspecified atom stereocenters. The summed E-state index contributed by atoms with van der Waals surface area (Å²) in [5.74, 6) is 0.516. The Morgan fingerprint density at radius 3 is 2.47 bits per heavy atom. The van der Waals surface area contributed by atoms with E-state index in [0.29, 0.717) is 34.4 Å². The van der Waals surface area contributed by atoms with Crippen molar-refractivity contribution in [2.45, 2.75) is 33.1 Å². The molecule has 0 spiro atoms. The molecule has 1 aliphatic rings. The zero-order chi connectivity index (χ0) is 24.5. The highest BCUT2D eigenvalue weighted by Gasteiger charge is 2.41. The number of H-pyrrole nitrogens is 1. The first-order chi connectivity index (χ1) is 16.2. The van der Waals surface area contributed by atoms with Gasteiger partial charge in [-0.15, -0.1) is 0 Å². The number of hydrogen-bond donors (Lipinski definition) is 2. The summed E-state index contributed by atoms with van der Waals surface area (Å²) >= 11 is 0. The number of nitrogens with one attached hydrogen (secondary N) is 2. The van der Waals surface area contributed by atoms with Gasteiger partial charge in [0.05, 0.1) is 35.7 Å². The van der Waals surface area contributed by atoms with Gasteiger partial charge in [0, 0.05) is 31.9 Å². The maximum absolute atomic E-state index is 13.6. The molecule has 180 valence electrons. The van der Waals surface area contributed by atoms with Gasteiger partial charge in [0.25, 0.3) is 0 Å². The number of rotatable bonds is 6. The fourth-order valence-electron chi connectivity index (χ4n) is 3.76. The first-order valence-electron chi connectivity index (χ1n) is 11.1. The van der Waals surface area contributed by atoms with Crippen LogP contribution in [0.5, 0.6) is 0 Å². The molecule has 3 aromatic rings. The van der Waals surface area contributed by atoms with Crippen LogP contribution in [0.15, 0.2) is 36.5 Å². The van der Waals surface area contributed by atoms with Gasteiger partial charge in [-0.1, -0.05) is 0 Å². The number of nitrogens with zero attached hydrogens (tertiary/aromatic N) is 4. The van der Waals surface area contributed by atoms with E-state index in [2.05, 4.69) is 20.3 Å². The molecule has 0 bridgehead atoms. The maximum atomic E-state index is 13.6. The fourth-order valence-corrected chi connectivity index (χ4v) is 3.76. The second-order valence-corrected chi connectivity index (χ2v) is 9.13. The van der Waals surface area contributed by atoms with Gasteiger partial charge in [0.1, 0.15) is 5.82 Å². The molecule has 3 heterocycles. The third kappa shape index (κ3) is 4.92. The molecule has 0 atom stereocenters. The number of benzene rings is 1. The van der Waals surface area contributed by atoms with Gasteiger partial charge in [0.15, 0.2) is 5.82 Å². The Morgan fingerprint density at radius 2 is 1.85 bits per heavy atom. The lowest BCUT2D eigenvalue weighted by atomic mass is 9.90. The minimum atomic E-state index is -0.786. The van der Waals surface area contributed by atoms with E-state index in [-0.39, 0.29) is 31.0 Å². The summed E-state index contributed by atoms with van der Waals surface area (Å²) in [6.45, 7) is 6.19. The van der Waals surface area contributed by atoms with Crippen LogP contribution in [-0.2, 0) is 14.3 Å². The number of anilines is 1. The Bertz CT molecular complexity index is 1150. The number of ether oxygens (including phenoxy) is 2. The number of aromatic nitrogens is 4. The summed E-state index contributed by atoms with van der Waals surface area (Å²) in [6.07, 6.45) is 0.875. The first-order valence-corrected chi connectivity index (χ1v) is 11.1. The summed E-state index contributed by atoms with van der Waals surface area (Å²) in [4.78, 5) is 30.9. The molecule has 4 rings (SSSR count). The van der Waals surface area contributed by atoms with E-state index < -0.39 is 11.7 Å². The van der Waals surface area contributed by atoms with Gasteiger partial charge in [-0.3, -0.25) is 4.79 Å². The van der Waals surface area contributed by atoms with Crippen molar-refractivity contribution in [3.63, 3.8) is 0 Å². The van der Waals surface area contributed by atoms with Gasteiger partial charge in [0.2, 0.25) is 18.1 Å². The second kappa shape index (κ2) is 9.47. The smallest absolute Gasteiger partial charge is 0.232 e. The van der Waals surface area contributed by atoms with Crippen LogP contribution in [-0.4, -0.2) is 64.1 Å². The van der Waals surface area contributed by atoms with Gasteiger partial charge in [-0.05, 0) is 51.1 Å². The largest absolute Gasteiger partial charge is 0.352 e. The minimum absolute atomic E-state index is 0.0655. The number of carbonyl (C=O) groups is 1. The summed E-state index contributed by atoms with van der Waals surface area (Å²) < 4.78 is 25.4. The molecule has 1 aliphatic heterocycles. The summed E-state index contributed by atoms with van der Waals surface area (Å²) in [5, 5.41) is 3.19. The van der Waals surface area contributed by atoms with Crippen molar-refractivity contribution < 1.29 is 18.7 Å². The van der Waals surface area contributed by atoms with Crippen molar-refractivity contribution in [1.29, 1.82) is 0 Å². The molecule has 34 heavy (non-hydrogen) atoms. The lowest BCUT2D eigenvalue weighted by molar-refractivity contribution is -0.233. The third-order valence-electron chi connectivity index (χ3n) is 5.42. The number of halogens is 1. The average molecular weight is 469 g/mol. The number of amides is 1. The topological polar surface area (TPSA) is 105 Å². The summed E-state index contributed by atoms with van der Waals surface area (Å²) in [5.41, 5.74) is 1.74. The van der Waals surface area contributed by atoms with Crippen LogP contribution in [0.2, 0.25) is 0 Å². The van der Waals surface area contributed by atoms with Crippen LogP contribution in [0, 0.1) is 11.2 Å². The van der Waals surface area contributed by atoms with Crippen LogP contribution < -0.4 is 5.32 Å². The van der Waals surface area contributed by atoms with Crippen molar-refractivity contribution in [3.8, 4) is 22.6 Å². The normalized spacial score (nSPS) is 20.4. The molecule has 1 aromatic carbocycles. The maximum Gasteiger partial charge on any atom is 0.232 e. The second-order valence-electron chi connectivity index (χ2n) is 9.13. The van der Waals surface area contributed by atoms with E-state index in [0.717, 1.165) is 0 Å². The Hall–Kier alpha value is -3.37. The molecule has 2 aromatic heterocycles. The molecule has 0 saturated carbocycles. The zero-order valence-electron chi connectivity index (χ0n) is 19.9. The molecule has 10 heteroatoms. The van der Waals surface area contributed by atoms with Crippen LogP contribution >= 0.6 is 0 Å². The number of aromatic amines is 1. The van der Waals surface area contributed by atoms with Crippen molar-refractivity contribution >= 4 is 11.9 Å². The Morgan fingerprint density at radius 1 is 1.18 bits per heavy atom. The Kier molecular flexibility index (Phi) is 6.63. The highest BCUT2D eigenvalue weighted by Crippen LogP contribution is 2.36. The van der Waals surface area contributed by atoms with Crippen molar-refractivity contribution in [2.24, 2.45) is 5.41 Å². The molecule has 1 saturated heterocycles. The predicted octanol–water partition coefficient (Wildman–Crippen LogP) is 3.63. The zero-order valence-corrected chi connectivity index (χ0v) is 19.9. The van der Waals surface area contributed by atoms with Gasteiger partial charge < -0.3 is 24.7 Å². The Labute approximate surface area is 197 Å². The van der Waals surface area contributed by atoms with Gasteiger partial charge in [-0.2, -0.15) is 0 Å². The summed E-state index contributed by atoms with van der Waals surface area (Å²) in [6, 6.07) is 8.00. The highest BCUT2D eigenvalue weighted by atomic mass is 19.1. The Balaban J connectivity index is 1.68. The molecule has 0 aliphatic carbocycles. The highest BCUT2D eigenvalue weighted by molar-refractivity contribution is 5.82. The van der Waals surface area contributed by atoms with E-state index in [4.69, 9.17) is 14.5 Å². The van der Waals surface area contributed by atoms with Crippen molar-refractivity contribution in [3.05, 3.63) is 48.2 Å². The predicted molar refractivity (Wildman–Crippen MR) is 125 cm³/mol. The number of hydrogen-bond acceptors (Lipinski definition) is 7. The summed E-state index contributed by atoms with van der Waals surface area (Å²) in [7, 11) is 3.41. The van der Waals surface area contributed by atoms with Gasteiger partial charge in [-0.25, -0.2) is 19.3 Å². The van der Waals surface area contributed by atoms with Crippen LogP contribution in [0.1, 0.15) is 32.9 Å². The van der Waals surface area contributed by atoms with Crippen LogP contribution in [0.25, 0.3) is 22.6 Å². The number of carbonyl (C=O) groups excluding carboxylic acids is 1. The molecule has 9 nitrogen and oxygen atoms in total. The van der Waals surface area contributed by atoms with E-state index in [1.165, 1.54) is 17.0 Å². The van der Waals surface area contributed by atoms with Crippen LogP contribution in [0.4, 0.5) is 10.3 Å². The van der Waals surface area contributed by atoms with E-state index >= 15 is 0 Å². The standard InChI is InChI=1S/C24H29FN6O3/c1-14(2)27-23-26-11-10-17(28-23)19-18(15-6-8-16(25)9-7-15)29-20(30-19)21-33-12-24(3,13-34-21)22(32)31(4)5/h6-11,14,21H,12-13H2,1-5H3,(H,29,30)(H,26,27,28). The van der Waals surface area contributed by atoms with E-state index in [1.807, 2.05) is 20.8 Å². The first kappa shape index (κ1) is 23.8. The van der Waals surface area contributed by atoms with Crippen molar-refractivity contribution in [1.82, 2.24) is 24.8 Å². The molecular weight excluding hydrogens is 439 g/mol. The third-order valence-corrected chi connectivity index (χ3v) is 5.42. The lowest BCUT2D eigenvalue weighted by Gasteiger charge is -2.36. The molecule has 1 amide bonds. The van der Waals surface area contributed by atoms with E-state index in [9.17, 15) is 9.18 Å². The van der Waals surface area contributed by atoms with Crippen LogP contribution in [0.3, 0.4) is 0 Å². The lowest BCUT2D eigenvalue weighted by Crippen LogP contribution is -2.48. The fraction of sp³-hybridized carbons (Fsp3) is 0.417. The van der Waals surface area contributed by atoms with Gasteiger partial charge >= 0.3 is 0 Å².